The summed E-state index contributed by atoms with van der Waals surface area (Å²) in [7, 11) is 1.37. The minimum Gasteiger partial charge on any atom is -0.507 e. The van der Waals surface area contributed by atoms with Crippen molar-refractivity contribution in [2.75, 3.05) is 7.11 Å². The lowest BCUT2D eigenvalue weighted by Gasteiger charge is -2.12. The summed E-state index contributed by atoms with van der Waals surface area (Å²) in [5.74, 6) is 0.0293. The lowest BCUT2D eigenvalue weighted by atomic mass is 9.99. The quantitative estimate of drug-likeness (QED) is 0.374. The van der Waals surface area contributed by atoms with E-state index in [0.717, 1.165) is 26.6 Å². The molecule has 0 saturated heterocycles. The lowest BCUT2D eigenvalue weighted by molar-refractivity contribution is 0.0603. The highest BCUT2D eigenvalue weighted by Crippen LogP contribution is 2.40. The number of phenolic OH excluding ortho intramolecular Hbond substituents is 1. The Bertz CT molecular complexity index is 1240. The summed E-state index contributed by atoms with van der Waals surface area (Å²) in [6.45, 7) is 4.80. The van der Waals surface area contributed by atoms with E-state index in [1.807, 2.05) is 30.3 Å². The van der Waals surface area contributed by atoms with Crippen LogP contribution in [0.2, 0.25) is 0 Å². The van der Waals surface area contributed by atoms with E-state index in [0.29, 0.717) is 22.9 Å². The number of aromatic nitrogens is 1. The maximum atomic E-state index is 12.5. The highest BCUT2D eigenvalue weighted by molar-refractivity contribution is 9.10. The lowest BCUT2D eigenvalue weighted by Crippen LogP contribution is -2.03. The number of hydrogen-bond acceptors (Lipinski definition) is 3. The fraction of sp³-hybridized carbons (Fsp3) is 0.208. The Hall–Kier alpha value is -2.79. The van der Waals surface area contributed by atoms with Crippen molar-refractivity contribution in [1.29, 1.82) is 0 Å². The van der Waals surface area contributed by atoms with Crippen LogP contribution in [0.3, 0.4) is 0 Å². The van der Waals surface area contributed by atoms with Gasteiger partial charge in [0.15, 0.2) is 0 Å². The summed E-state index contributed by atoms with van der Waals surface area (Å²) < 4.78 is 8.18. The molecule has 3 aromatic carbocycles. The van der Waals surface area contributed by atoms with E-state index in [1.54, 1.807) is 12.1 Å². The van der Waals surface area contributed by atoms with Crippen molar-refractivity contribution < 1.29 is 14.6 Å². The predicted molar refractivity (Wildman–Crippen MR) is 120 cm³/mol. The summed E-state index contributed by atoms with van der Waals surface area (Å²) >= 11 is 3.63. The smallest absolute Gasteiger partial charge is 0.338 e. The van der Waals surface area contributed by atoms with Gasteiger partial charge < -0.3 is 14.4 Å². The minimum absolute atomic E-state index is 0.179. The molecule has 0 saturated carbocycles. The number of halogens is 1. The molecule has 4 aromatic rings. The Balaban J connectivity index is 2.11. The molecule has 4 rings (SSSR count). The molecule has 0 aliphatic heterocycles. The zero-order chi connectivity index (χ0) is 20.7. The van der Waals surface area contributed by atoms with Gasteiger partial charge in [0.25, 0.3) is 0 Å². The van der Waals surface area contributed by atoms with E-state index in [-0.39, 0.29) is 11.7 Å². The first-order chi connectivity index (χ1) is 13.9. The van der Waals surface area contributed by atoms with Crippen molar-refractivity contribution in [3.8, 4) is 5.75 Å². The fourth-order valence-corrected chi connectivity index (χ4v) is 4.25. The second kappa shape index (κ2) is 7.56. The number of hydrogen-bond donors (Lipinski definition) is 1. The third kappa shape index (κ3) is 3.29. The van der Waals surface area contributed by atoms with Crippen molar-refractivity contribution in [3.63, 3.8) is 0 Å². The molecule has 0 spiro atoms. The van der Waals surface area contributed by atoms with Gasteiger partial charge in [-0.25, -0.2) is 4.79 Å². The number of phenols is 1. The van der Waals surface area contributed by atoms with Gasteiger partial charge in [0.05, 0.1) is 29.1 Å². The predicted octanol–water partition coefficient (Wildman–Crippen LogP) is 6.22. The van der Waals surface area contributed by atoms with Crippen molar-refractivity contribution in [2.45, 2.75) is 26.3 Å². The third-order valence-electron chi connectivity index (χ3n) is 5.35. The number of fused-ring (bicyclic) bond motifs is 3. The fourth-order valence-electron chi connectivity index (χ4n) is 3.84. The molecule has 0 radical (unpaired) electrons. The molecule has 0 bridgehead atoms. The van der Waals surface area contributed by atoms with E-state index in [1.165, 1.54) is 7.11 Å². The molecule has 0 aliphatic rings. The summed E-state index contributed by atoms with van der Waals surface area (Å²) in [5, 5.41) is 12.3. The van der Waals surface area contributed by atoms with Gasteiger partial charge in [0.1, 0.15) is 5.75 Å². The van der Waals surface area contributed by atoms with Crippen LogP contribution in [0, 0.1) is 0 Å². The number of esters is 1. The van der Waals surface area contributed by atoms with Crippen LogP contribution >= 0.6 is 15.9 Å². The van der Waals surface area contributed by atoms with Crippen LogP contribution in [0.15, 0.2) is 59.1 Å². The zero-order valence-electron chi connectivity index (χ0n) is 16.6. The van der Waals surface area contributed by atoms with Crippen LogP contribution < -0.4 is 0 Å². The number of rotatable bonds is 4. The Kier molecular flexibility index (Phi) is 5.09. The summed E-state index contributed by atoms with van der Waals surface area (Å²) in [6, 6.07) is 17.5. The molecule has 0 aliphatic carbocycles. The number of carbonyl (C=O) groups excluding carboxylic acids is 1. The molecule has 4 nitrogen and oxygen atoms in total. The Morgan fingerprint density at radius 1 is 1.07 bits per heavy atom. The SMILES string of the molecule is COC(=O)c1cccc2c1c1c(O)cc(C(C)C)cc1n2Cc1ccccc1Br. The van der Waals surface area contributed by atoms with Gasteiger partial charge in [-0.2, -0.15) is 0 Å². The van der Waals surface area contributed by atoms with Gasteiger partial charge >= 0.3 is 5.97 Å². The van der Waals surface area contributed by atoms with Crippen molar-refractivity contribution in [2.24, 2.45) is 0 Å². The van der Waals surface area contributed by atoms with Gasteiger partial charge in [-0.05, 0) is 47.4 Å². The Morgan fingerprint density at radius 2 is 1.83 bits per heavy atom. The highest BCUT2D eigenvalue weighted by atomic mass is 79.9. The van der Waals surface area contributed by atoms with Crippen LogP contribution in [-0.4, -0.2) is 22.8 Å². The van der Waals surface area contributed by atoms with E-state index in [4.69, 9.17) is 4.74 Å². The molecule has 148 valence electrons. The molecular weight excluding hydrogens is 430 g/mol. The first kappa shape index (κ1) is 19.5. The monoisotopic (exact) mass is 451 g/mol. The van der Waals surface area contributed by atoms with Crippen molar-refractivity contribution in [1.82, 2.24) is 4.57 Å². The molecule has 0 atom stereocenters. The Labute approximate surface area is 177 Å². The maximum Gasteiger partial charge on any atom is 0.338 e. The maximum absolute atomic E-state index is 12.5. The number of nitrogens with zero attached hydrogens (tertiary/aromatic N) is 1. The molecule has 0 amide bonds. The summed E-state index contributed by atoms with van der Waals surface area (Å²) in [5.41, 5.74) is 4.40. The first-order valence-corrected chi connectivity index (χ1v) is 10.3. The molecule has 1 N–H and O–H groups in total. The second-order valence-corrected chi connectivity index (χ2v) is 8.31. The van der Waals surface area contributed by atoms with E-state index in [2.05, 4.69) is 46.5 Å². The average Bonchev–Trinajstić information content (AvgIpc) is 3.03. The number of ether oxygens (including phenoxy) is 1. The summed E-state index contributed by atoms with van der Waals surface area (Å²) in [6.07, 6.45) is 0. The molecule has 0 fully saturated rings. The molecule has 1 aromatic heterocycles. The normalized spacial score (nSPS) is 11.5. The number of aromatic hydroxyl groups is 1. The average molecular weight is 452 g/mol. The number of carbonyl (C=O) groups is 1. The van der Waals surface area contributed by atoms with Crippen LogP contribution in [0.4, 0.5) is 0 Å². The van der Waals surface area contributed by atoms with E-state index in [9.17, 15) is 9.90 Å². The second-order valence-electron chi connectivity index (χ2n) is 7.46. The van der Waals surface area contributed by atoms with Crippen molar-refractivity contribution in [3.05, 3.63) is 75.8 Å². The van der Waals surface area contributed by atoms with E-state index >= 15 is 0 Å². The van der Waals surface area contributed by atoms with Gasteiger partial charge in [0.2, 0.25) is 0 Å². The molecule has 0 unspecified atom stereocenters. The third-order valence-corrected chi connectivity index (χ3v) is 6.12. The highest BCUT2D eigenvalue weighted by Gasteiger charge is 2.22. The first-order valence-electron chi connectivity index (χ1n) is 9.52. The van der Waals surface area contributed by atoms with Crippen LogP contribution in [-0.2, 0) is 11.3 Å². The van der Waals surface area contributed by atoms with Crippen molar-refractivity contribution >= 4 is 43.7 Å². The van der Waals surface area contributed by atoms with Gasteiger partial charge in [-0.1, -0.05) is 54.0 Å². The van der Waals surface area contributed by atoms with Gasteiger partial charge in [0, 0.05) is 16.4 Å². The van der Waals surface area contributed by atoms with Gasteiger partial charge in [-0.15, -0.1) is 0 Å². The minimum atomic E-state index is -0.414. The van der Waals surface area contributed by atoms with E-state index < -0.39 is 5.97 Å². The molecule has 5 heteroatoms. The standard InChI is InChI=1S/C24H22BrNO3/c1-14(2)16-11-20-23(21(27)12-16)22-17(24(28)29-3)8-6-10-19(22)26(20)13-15-7-4-5-9-18(15)25/h4-12,14,27H,13H2,1-3H3. The molecular formula is C24H22BrNO3. The van der Waals surface area contributed by atoms with Crippen LogP contribution in [0.25, 0.3) is 21.8 Å². The van der Waals surface area contributed by atoms with Gasteiger partial charge in [-0.3, -0.25) is 0 Å². The van der Waals surface area contributed by atoms with Crippen LogP contribution in [0.5, 0.6) is 5.75 Å². The zero-order valence-corrected chi connectivity index (χ0v) is 18.2. The van der Waals surface area contributed by atoms with Crippen LogP contribution in [0.1, 0.15) is 41.3 Å². The topological polar surface area (TPSA) is 51.5 Å². The summed E-state index contributed by atoms with van der Waals surface area (Å²) in [4.78, 5) is 12.5. The number of benzene rings is 3. The molecule has 1 heterocycles. The number of methoxy groups -OCH3 is 1. The largest absolute Gasteiger partial charge is 0.507 e. The molecule has 29 heavy (non-hydrogen) atoms. The Morgan fingerprint density at radius 3 is 2.52 bits per heavy atom.